The molecule has 0 bridgehead atoms. The molecular formula is C26H36O9. The molecule has 8 atom stereocenters. The zero-order valence-electron chi connectivity index (χ0n) is 21.2. The second kappa shape index (κ2) is 9.50. The van der Waals surface area contributed by atoms with E-state index >= 15 is 0 Å². The molecule has 9 heteroatoms. The third-order valence-corrected chi connectivity index (χ3v) is 7.82. The number of ketones is 1. The lowest BCUT2D eigenvalue weighted by Crippen LogP contribution is -2.68. The number of esters is 3. The molecule has 9 nitrogen and oxygen atoms in total. The topological polar surface area (TPSA) is 136 Å². The van der Waals surface area contributed by atoms with E-state index in [2.05, 4.69) is 0 Å². The fourth-order valence-corrected chi connectivity index (χ4v) is 5.77. The van der Waals surface area contributed by atoms with Gasteiger partial charge in [0.2, 0.25) is 0 Å². The highest BCUT2D eigenvalue weighted by Crippen LogP contribution is 2.54. The predicted molar refractivity (Wildman–Crippen MR) is 124 cm³/mol. The molecule has 0 spiro atoms. The normalized spacial score (nSPS) is 42.7. The van der Waals surface area contributed by atoms with Crippen molar-refractivity contribution in [1.29, 1.82) is 0 Å². The summed E-state index contributed by atoms with van der Waals surface area (Å²) >= 11 is 0. The zero-order chi connectivity index (χ0) is 26.3. The first-order valence-corrected chi connectivity index (χ1v) is 12.1. The third-order valence-electron chi connectivity index (χ3n) is 7.82. The van der Waals surface area contributed by atoms with Gasteiger partial charge < -0.3 is 24.4 Å². The van der Waals surface area contributed by atoms with Crippen LogP contribution in [0, 0.1) is 17.3 Å². The summed E-state index contributed by atoms with van der Waals surface area (Å²) in [5.41, 5.74) is -4.69. The van der Waals surface area contributed by atoms with E-state index in [1.54, 1.807) is 26.0 Å². The van der Waals surface area contributed by atoms with Gasteiger partial charge >= 0.3 is 17.9 Å². The van der Waals surface area contributed by atoms with E-state index in [0.29, 0.717) is 19.3 Å². The maximum Gasteiger partial charge on any atom is 0.312 e. The number of carbonyl (C=O) groups excluding carboxylic acids is 4. The lowest BCUT2D eigenvalue weighted by atomic mass is 9.55. The number of hydrogen-bond acceptors (Lipinski definition) is 9. The molecule has 1 saturated heterocycles. The number of rotatable bonds is 4. The van der Waals surface area contributed by atoms with E-state index in [4.69, 9.17) is 14.2 Å². The van der Waals surface area contributed by atoms with Crippen LogP contribution in [0.2, 0.25) is 0 Å². The van der Waals surface area contributed by atoms with Crippen LogP contribution in [0.15, 0.2) is 23.8 Å². The van der Waals surface area contributed by atoms with E-state index < -0.39 is 70.5 Å². The van der Waals surface area contributed by atoms with Gasteiger partial charge in [-0.3, -0.25) is 19.2 Å². The van der Waals surface area contributed by atoms with Crippen LogP contribution in [0.5, 0.6) is 0 Å². The van der Waals surface area contributed by atoms with Gasteiger partial charge in [0.05, 0.1) is 5.92 Å². The molecule has 1 fully saturated rings. The van der Waals surface area contributed by atoms with Gasteiger partial charge in [0.1, 0.15) is 17.8 Å². The zero-order valence-corrected chi connectivity index (χ0v) is 21.2. The van der Waals surface area contributed by atoms with Crippen molar-refractivity contribution in [2.24, 2.45) is 17.3 Å². The van der Waals surface area contributed by atoms with E-state index in [-0.39, 0.29) is 6.42 Å². The summed E-state index contributed by atoms with van der Waals surface area (Å²) < 4.78 is 17.1. The van der Waals surface area contributed by atoms with Gasteiger partial charge in [0.15, 0.2) is 17.5 Å². The van der Waals surface area contributed by atoms with E-state index in [1.165, 1.54) is 19.9 Å². The summed E-state index contributed by atoms with van der Waals surface area (Å²) in [6.07, 6.45) is 2.38. The van der Waals surface area contributed by atoms with Crippen LogP contribution in [0.25, 0.3) is 0 Å². The first-order chi connectivity index (χ1) is 16.2. The quantitative estimate of drug-likeness (QED) is 0.344. The van der Waals surface area contributed by atoms with Gasteiger partial charge in [-0.15, -0.1) is 0 Å². The number of ether oxygens (including phenoxy) is 3. The molecule has 194 valence electrons. The standard InChI is InChI=1S/C26H36O9/c1-7-8-20(29)34-18-10-9-14(2)13-19-26(32,15(3)23(30)35-19)22(33-16(4)27)21-24(18,5)12-11-17(28)25(21,6)31/h11-13,15,18-19,21-22,31-32H,7-10H2,1-6H3/b14-13-/t15-,18+,19+,21-,22+,24-,25-,26+/m1/s1. The molecule has 2 N–H and O–H groups in total. The van der Waals surface area contributed by atoms with Crippen LogP contribution >= 0.6 is 0 Å². The van der Waals surface area contributed by atoms with Crippen molar-refractivity contribution in [3.8, 4) is 0 Å². The van der Waals surface area contributed by atoms with Crippen molar-refractivity contribution in [2.45, 2.75) is 96.7 Å². The van der Waals surface area contributed by atoms with Crippen molar-refractivity contribution in [1.82, 2.24) is 0 Å². The Balaban J connectivity index is 2.31. The van der Waals surface area contributed by atoms with Crippen molar-refractivity contribution in [3.05, 3.63) is 23.8 Å². The first kappa shape index (κ1) is 27.1. The molecule has 3 rings (SSSR count). The van der Waals surface area contributed by atoms with Crippen molar-refractivity contribution < 1.29 is 43.6 Å². The van der Waals surface area contributed by atoms with E-state index in [1.807, 2.05) is 6.92 Å². The van der Waals surface area contributed by atoms with Gasteiger partial charge in [-0.2, -0.15) is 0 Å². The van der Waals surface area contributed by atoms with E-state index in [0.717, 1.165) is 12.5 Å². The predicted octanol–water partition coefficient (Wildman–Crippen LogP) is 2.18. The highest BCUT2D eigenvalue weighted by atomic mass is 16.6. The summed E-state index contributed by atoms with van der Waals surface area (Å²) in [5.74, 6) is -4.96. The molecule has 35 heavy (non-hydrogen) atoms. The molecule has 0 unspecified atom stereocenters. The van der Waals surface area contributed by atoms with Crippen molar-refractivity contribution in [2.75, 3.05) is 0 Å². The number of hydrogen-bond donors (Lipinski definition) is 2. The molecule has 2 aliphatic carbocycles. The van der Waals surface area contributed by atoms with Crippen molar-refractivity contribution in [3.63, 3.8) is 0 Å². The fraction of sp³-hybridized carbons (Fsp3) is 0.692. The van der Waals surface area contributed by atoms with E-state index in [9.17, 15) is 29.4 Å². The Labute approximate surface area is 205 Å². The van der Waals surface area contributed by atoms with Crippen LogP contribution in [0.4, 0.5) is 0 Å². The monoisotopic (exact) mass is 492 g/mol. The molecule has 0 radical (unpaired) electrons. The largest absolute Gasteiger partial charge is 0.461 e. The average molecular weight is 493 g/mol. The third kappa shape index (κ3) is 4.56. The Kier molecular flexibility index (Phi) is 7.35. The Morgan fingerprint density at radius 3 is 2.46 bits per heavy atom. The maximum atomic E-state index is 12.9. The molecule has 3 aliphatic rings. The molecular weight excluding hydrogens is 456 g/mol. The fourth-order valence-electron chi connectivity index (χ4n) is 5.77. The highest BCUT2D eigenvalue weighted by molar-refractivity contribution is 5.98. The average Bonchev–Trinajstić information content (AvgIpc) is 2.97. The van der Waals surface area contributed by atoms with Crippen LogP contribution in [0.3, 0.4) is 0 Å². The minimum Gasteiger partial charge on any atom is -0.461 e. The SMILES string of the molecule is CCCC(=O)O[C@H]1CC/C(C)=C\[C@@H]2OC(=O)[C@@H](C)[C@@]2(O)[C@@H](OC(C)=O)[C@@H]2[C@]1(C)C=CC(=O)[C@@]2(C)O. The molecule has 0 aromatic rings. The van der Waals surface area contributed by atoms with Crippen LogP contribution in [0.1, 0.15) is 67.2 Å². The van der Waals surface area contributed by atoms with Crippen LogP contribution in [-0.4, -0.2) is 63.4 Å². The lowest BCUT2D eigenvalue weighted by molar-refractivity contribution is -0.224. The second-order valence-electron chi connectivity index (χ2n) is 10.5. The minimum atomic E-state index is -2.12. The van der Waals surface area contributed by atoms with Gasteiger partial charge in [-0.05, 0) is 52.2 Å². The summed E-state index contributed by atoms with van der Waals surface area (Å²) in [6.45, 7) is 9.25. The molecule has 1 heterocycles. The lowest BCUT2D eigenvalue weighted by Gasteiger charge is -2.54. The Hall–Kier alpha value is -2.52. The minimum absolute atomic E-state index is 0.184. The molecule has 0 aromatic heterocycles. The highest BCUT2D eigenvalue weighted by Gasteiger charge is 2.69. The Morgan fingerprint density at radius 1 is 1.20 bits per heavy atom. The van der Waals surface area contributed by atoms with Gasteiger partial charge in [-0.25, -0.2) is 0 Å². The molecule has 0 amide bonds. The summed E-state index contributed by atoms with van der Waals surface area (Å²) in [6, 6.07) is 0. The summed E-state index contributed by atoms with van der Waals surface area (Å²) in [4.78, 5) is 50.5. The summed E-state index contributed by atoms with van der Waals surface area (Å²) in [7, 11) is 0. The Bertz CT molecular complexity index is 964. The smallest absolute Gasteiger partial charge is 0.312 e. The number of carbonyl (C=O) groups is 4. The van der Waals surface area contributed by atoms with Crippen molar-refractivity contribution >= 4 is 23.7 Å². The maximum absolute atomic E-state index is 12.9. The molecule has 0 aromatic carbocycles. The van der Waals surface area contributed by atoms with Gasteiger partial charge in [0, 0.05) is 24.7 Å². The summed E-state index contributed by atoms with van der Waals surface area (Å²) in [5, 5.41) is 23.7. The second-order valence-corrected chi connectivity index (χ2v) is 10.5. The van der Waals surface area contributed by atoms with Gasteiger partial charge in [0.25, 0.3) is 0 Å². The number of allylic oxidation sites excluding steroid dienone is 1. The number of fused-ring (bicyclic) bond motifs is 2. The first-order valence-electron chi connectivity index (χ1n) is 12.1. The van der Waals surface area contributed by atoms with Crippen LogP contribution in [-0.2, 0) is 33.4 Å². The number of aliphatic hydroxyl groups is 2. The Morgan fingerprint density at radius 2 is 1.86 bits per heavy atom. The molecule has 1 aliphatic heterocycles. The molecule has 0 saturated carbocycles. The van der Waals surface area contributed by atoms with Gasteiger partial charge in [-0.1, -0.05) is 25.5 Å². The van der Waals surface area contributed by atoms with Crippen LogP contribution < -0.4 is 0 Å².